The molecular formula is C27H38ClF. The van der Waals surface area contributed by atoms with Crippen LogP contribution in [-0.2, 0) is 16.2 Å². The van der Waals surface area contributed by atoms with Gasteiger partial charge in [-0.25, -0.2) is 4.39 Å². The quantitative estimate of drug-likeness (QED) is 0.456. The fourth-order valence-corrected chi connectivity index (χ4v) is 4.28. The standard InChI is InChI=1S/C27H38ClF/c1-18(21-12-10-19(17-24(21)29)25(2,3)4)14-15-27(8,9)20-11-13-22(23(28)16-20)26(5,6)7/h10-13,16-18H,14-15H2,1-9H3. The Morgan fingerprint density at radius 2 is 1.41 bits per heavy atom. The Labute approximate surface area is 182 Å². The molecule has 0 saturated heterocycles. The van der Waals surface area contributed by atoms with Gasteiger partial charge in [0.05, 0.1) is 0 Å². The van der Waals surface area contributed by atoms with Crippen molar-refractivity contribution in [2.45, 2.75) is 97.3 Å². The first-order valence-corrected chi connectivity index (χ1v) is 11.1. The fraction of sp³-hybridized carbons (Fsp3) is 0.556. The van der Waals surface area contributed by atoms with Crippen molar-refractivity contribution in [2.24, 2.45) is 0 Å². The smallest absolute Gasteiger partial charge is 0.126 e. The van der Waals surface area contributed by atoms with Crippen LogP contribution in [0.3, 0.4) is 0 Å². The lowest BCUT2D eigenvalue weighted by molar-refractivity contribution is 0.433. The van der Waals surface area contributed by atoms with Gasteiger partial charge in [0.2, 0.25) is 0 Å². The normalized spacial score (nSPS) is 14.2. The molecular weight excluding hydrogens is 379 g/mol. The summed E-state index contributed by atoms with van der Waals surface area (Å²) in [5.41, 5.74) is 4.25. The van der Waals surface area contributed by atoms with E-state index in [1.54, 1.807) is 6.07 Å². The molecule has 1 atom stereocenters. The number of benzene rings is 2. The lowest BCUT2D eigenvalue weighted by atomic mass is 9.76. The Hall–Kier alpha value is -1.34. The van der Waals surface area contributed by atoms with Crippen LogP contribution in [0.25, 0.3) is 0 Å². The van der Waals surface area contributed by atoms with Gasteiger partial charge in [-0.15, -0.1) is 0 Å². The van der Waals surface area contributed by atoms with Crippen molar-refractivity contribution >= 4 is 11.6 Å². The van der Waals surface area contributed by atoms with E-state index < -0.39 is 0 Å². The lowest BCUT2D eigenvalue weighted by Gasteiger charge is -2.29. The average Bonchev–Trinajstić information content (AvgIpc) is 2.57. The van der Waals surface area contributed by atoms with E-state index in [9.17, 15) is 4.39 Å². The minimum atomic E-state index is -0.0831. The molecule has 0 fully saturated rings. The van der Waals surface area contributed by atoms with E-state index in [-0.39, 0.29) is 28.0 Å². The zero-order valence-electron chi connectivity index (χ0n) is 19.7. The molecule has 0 radical (unpaired) electrons. The van der Waals surface area contributed by atoms with Crippen LogP contribution in [0.5, 0.6) is 0 Å². The molecule has 2 aromatic carbocycles. The predicted octanol–water partition coefficient (Wildman–Crippen LogP) is 8.94. The van der Waals surface area contributed by atoms with Crippen LogP contribution >= 0.6 is 11.6 Å². The van der Waals surface area contributed by atoms with E-state index in [2.05, 4.69) is 86.6 Å². The molecule has 0 spiro atoms. The highest BCUT2D eigenvalue weighted by Gasteiger charge is 2.25. The van der Waals surface area contributed by atoms with Crippen molar-refractivity contribution in [3.8, 4) is 0 Å². The van der Waals surface area contributed by atoms with Crippen molar-refractivity contribution in [1.29, 1.82) is 0 Å². The zero-order valence-corrected chi connectivity index (χ0v) is 20.5. The van der Waals surface area contributed by atoms with Crippen molar-refractivity contribution in [1.82, 2.24) is 0 Å². The molecule has 0 bridgehead atoms. The third kappa shape index (κ3) is 5.85. The van der Waals surface area contributed by atoms with E-state index in [0.717, 1.165) is 29.0 Å². The molecule has 0 saturated carbocycles. The lowest BCUT2D eigenvalue weighted by Crippen LogP contribution is -2.19. The minimum absolute atomic E-state index is 0.0177. The van der Waals surface area contributed by atoms with Gasteiger partial charge in [0.1, 0.15) is 5.82 Å². The molecule has 2 heteroatoms. The van der Waals surface area contributed by atoms with Gasteiger partial charge in [0.25, 0.3) is 0 Å². The van der Waals surface area contributed by atoms with Gasteiger partial charge in [-0.05, 0) is 69.4 Å². The maximum absolute atomic E-state index is 14.8. The molecule has 0 heterocycles. The Kier molecular flexibility index (Phi) is 6.95. The maximum atomic E-state index is 14.8. The summed E-state index contributed by atoms with van der Waals surface area (Å²) in [6.45, 7) is 19.5. The molecule has 2 aromatic rings. The molecule has 0 amide bonds. The maximum Gasteiger partial charge on any atom is 0.126 e. The van der Waals surface area contributed by atoms with Crippen LogP contribution in [0.15, 0.2) is 36.4 Å². The Morgan fingerprint density at radius 3 is 1.90 bits per heavy atom. The summed E-state index contributed by atoms with van der Waals surface area (Å²) in [4.78, 5) is 0. The fourth-order valence-electron chi connectivity index (χ4n) is 3.81. The van der Waals surface area contributed by atoms with Crippen molar-refractivity contribution in [3.05, 3.63) is 69.5 Å². The van der Waals surface area contributed by atoms with Crippen LogP contribution < -0.4 is 0 Å². The SMILES string of the molecule is CC(CCC(C)(C)c1ccc(C(C)(C)C)c(Cl)c1)c1ccc(C(C)(C)C)cc1F. The van der Waals surface area contributed by atoms with Crippen LogP contribution in [0.1, 0.15) is 103 Å². The second-order valence-electron chi connectivity index (χ2n) is 11.3. The molecule has 0 aliphatic rings. The molecule has 1 unspecified atom stereocenters. The first-order valence-electron chi connectivity index (χ1n) is 10.7. The van der Waals surface area contributed by atoms with Gasteiger partial charge >= 0.3 is 0 Å². The summed E-state index contributed by atoms with van der Waals surface area (Å²) in [7, 11) is 0. The second-order valence-corrected chi connectivity index (χ2v) is 11.7. The van der Waals surface area contributed by atoms with E-state index in [0.29, 0.717) is 0 Å². The highest BCUT2D eigenvalue weighted by atomic mass is 35.5. The third-order valence-electron chi connectivity index (χ3n) is 6.16. The summed E-state index contributed by atoms with van der Waals surface area (Å²) in [5.74, 6) is 0.0907. The summed E-state index contributed by atoms with van der Waals surface area (Å²) in [5, 5.41) is 0.833. The van der Waals surface area contributed by atoms with Gasteiger partial charge < -0.3 is 0 Å². The minimum Gasteiger partial charge on any atom is -0.207 e. The summed E-state index contributed by atoms with van der Waals surface area (Å²) >= 11 is 6.60. The Balaban J connectivity index is 2.15. The van der Waals surface area contributed by atoms with Crippen molar-refractivity contribution < 1.29 is 4.39 Å². The highest BCUT2D eigenvalue weighted by Crippen LogP contribution is 2.37. The third-order valence-corrected chi connectivity index (χ3v) is 6.47. The molecule has 29 heavy (non-hydrogen) atoms. The highest BCUT2D eigenvalue weighted by molar-refractivity contribution is 6.31. The van der Waals surface area contributed by atoms with Gasteiger partial charge in [0, 0.05) is 5.02 Å². The largest absolute Gasteiger partial charge is 0.207 e. The second kappa shape index (κ2) is 8.42. The monoisotopic (exact) mass is 416 g/mol. The van der Waals surface area contributed by atoms with E-state index in [1.807, 2.05) is 6.07 Å². The number of rotatable bonds is 5. The average molecular weight is 417 g/mol. The van der Waals surface area contributed by atoms with Crippen LogP contribution in [0.2, 0.25) is 5.02 Å². The number of halogens is 2. The Bertz CT molecular complexity index is 850. The van der Waals surface area contributed by atoms with Crippen LogP contribution in [-0.4, -0.2) is 0 Å². The first kappa shape index (κ1) is 23.9. The number of hydrogen-bond donors (Lipinski definition) is 0. The van der Waals surface area contributed by atoms with E-state index in [1.165, 1.54) is 11.1 Å². The van der Waals surface area contributed by atoms with Gasteiger partial charge in [-0.1, -0.05) is 98.2 Å². The van der Waals surface area contributed by atoms with Crippen molar-refractivity contribution in [3.63, 3.8) is 0 Å². The summed E-state index contributed by atoms with van der Waals surface area (Å²) in [6, 6.07) is 12.2. The van der Waals surface area contributed by atoms with Crippen LogP contribution in [0, 0.1) is 5.82 Å². The van der Waals surface area contributed by atoms with E-state index in [4.69, 9.17) is 11.6 Å². The Morgan fingerprint density at radius 1 is 0.828 bits per heavy atom. The molecule has 0 aromatic heterocycles. The van der Waals surface area contributed by atoms with Gasteiger partial charge in [-0.3, -0.25) is 0 Å². The summed E-state index contributed by atoms with van der Waals surface area (Å²) in [6.07, 6.45) is 1.90. The number of hydrogen-bond acceptors (Lipinski definition) is 0. The topological polar surface area (TPSA) is 0 Å². The molecule has 160 valence electrons. The molecule has 2 rings (SSSR count). The molecule has 0 aliphatic carbocycles. The first-order chi connectivity index (χ1) is 13.1. The van der Waals surface area contributed by atoms with Gasteiger partial charge in [-0.2, -0.15) is 0 Å². The summed E-state index contributed by atoms with van der Waals surface area (Å²) < 4.78 is 14.8. The molecule has 0 nitrogen and oxygen atoms in total. The molecule has 0 N–H and O–H groups in total. The van der Waals surface area contributed by atoms with Crippen LogP contribution in [0.4, 0.5) is 4.39 Å². The van der Waals surface area contributed by atoms with Gasteiger partial charge in [0.15, 0.2) is 0 Å². The molecule has 0 aliphatic heterocycles. The van der Waals surface area contributed by atoms with E-state index >= 15 is 0 Å². The predicted molar refractivity (Wildman–Crippen MR) is 126 cm³/mol. The van der Waals surface area contributed by atoms with Crippen molar-refractivity contribution in [2.75, 3.05) is 0 Å². The zero-order chi connectivity index (χ0) is 22.2.